The molecule has 8 heteroatoms. The molecule has 0 spiro atoms. The van der Waals surface area contributed by atoms with E-state index in [1.165, 1.54) is 18.5 Å². The first-order valence-electron chi connectivity index (χ1n) is 5.92. The molecule has 0 fully saturated rings. The van der Waals surface area contributed by atoms with Crippen molar-refractivity contribution in [3.63, 3.8) is 0 Å². The van der Waals surface area contributed by atoms with E-state index >= 15 is 0 Å². The van der Waals surface area contributed by atoms with Gasteiger partial charge in [-0.3, -0.25) is 10.1 Å². The highest BCUT2D eigenvalue weighted by molar-refractivity contribution is 5.54. The fourth-order valence-electron chi connectivity index (χ4n) is 1.71. The molecule has 2 rings (SSSR count). The molecule has 0 atom stereocenters. The molecule has 21 heavy (non-hydrogen) atoms. The number of nitriles is 1. The molecule has 0 aliphatic carbocycles. The number of rotatable bonds is 4. The van der Waals surface area contributed by atoms with Crippen LogP contribution in [0.5, 0.6) is 11.6 Å². The second-order valence-corrected chi connectivity index (χ2v) is 4.06. The normalized spacial score (nSPS) is 9.76. The van der Waals surface area contributed by atoms with Crippen molar-refractivity contribution in [2.45, 2.75) is 6.92 Å². The lowest BCUT2D eigenvalue weighted by Gasteiger charge is -2.10. The average Bonchev–Trinajstić information content (AvgIpc) is 2.49. The van der Waals surface area contributed by atoms with Gasteiger partial charge >= 0.3 is 5.69 Å². The predicted molar refractivity (Wildman–Crippen MR) is 74.2 cm³/mol. The first kappa shape index (κ1) is 14.2. The Morgan fingerprint density at radius 3 is 2.81 bits per heavy atom. The lowest BCUT2D eigenvalue weighted by atomic mass is 10.2. The number of hydrogen-bond acceptors (Lipinski definition) is 7. The fourth-order valence-corrected chi connectivity index (χ4v) is 1.71. The SMILES string of the molecule is CNc1ncnc(Oc2ccc(C#N)cc2[N+](=O)[O-])c1C. The Morgan fingerprint density at radius 1 is 1.43 bits per heavy atom. The number of nitro groups is 1. The maximum atomic E-state index is 11.1. The van der Waals surface area contributed by atoms with E-state index in [1.807, 2.05) is 6.07 Å². The van der Waals surface area contributed by atoms with Crippen molar-refractivity contribution < 1.29 is 9.66 Å². The topological polar surface area (TPSA) is 114 Å². The van der Waals surface area contributed by atoms with E-state index < -0.39 is 4.92 Å². The molecule has 0 radical (unpaired) electrons. The highest BCUT2D eigenvalue weighted by atomic mass is 16.6. The molecule has 1 heterocycles. The third kappa shape index (κ3) is 2.87. The number of benzene rings is 1. The second kappa shape index (κ2) is 5.83. The zero-order chi connectivity index (χ0) is 15.4. The molecule has 0 bridgehead atoms. The Balaban J connectivity index is 2.45. The maximum absolute atomic E-state index is 11.1. The first-order valence-corrected chi connectivity index (χ1v) is 5.92. The van der Waals surface area contributed by atoms with Crippen molar-refractivity contribution in [1.29, 1.82) is 5.26 Å². The molecule has 0 amide bonds. The first-order chi connectivity index (χ1) is 10.1. The van der Waals surface area contributed by atoms with Gasteiger partial charge in [0, 0.05) is 13.1 Å². The van der Waals surface area contributed by atoms with Gasteiger partial charge in [0.2, 0.25) is 11.6 Å². The summed E-state index contributed by atoms with van der Waals surface area (Å²) in [4.78, 5) is 18.4. The summed E-state index contributed by atoms with van der Waals surface area (Å²) in [5.41, 5.74) is 0.515. The second-order valence-electron chi connectivity index (χ2n) is 4.06. The van der Waals surface area contributed by atoms with Gasteiger partial charge in [0.15, 0.2) is 0 Å². The number of nitrogens with one attached hydrogen (secondary N) is 1. The van der Waals surface area contributed by atoms with Gasteiger partial charge < -0.3 is 10.1 Å². The van der Waals surface area contributed by atoms with Crippen LogP contribution in [0.1, 0.15) is 11.1 Å². The van der Waals surface area contributed by atoms with E-state index in [9.17, 15) is 10.1 Å². The minimum atomic E-state index is -0.605. The molecule has 0 saturated carbocycles. The van der Waals surface area contributed by atoms with Gasteiger partial charge in [0.25, 0.3) is 0 Å². The molecule has 106 valence electrons. The summed E-state index contributed by atoms with van der Waals surface area (Å²) in [7, 11) is 1.70. The zero-order valence-electron chi connectivity index (χ0n) is 11.3. The summed E-state index contributed by atoms with van der Waals surface area (Å²) in [6.07, 6.45) is 1.30. The molecule has 0 aliphatic heterocycles. The Kier molecular flexibility index (Phi) is 3.95. The van der Waals surface area contributed by atoms with Crippen molar-refractivity contribution in [2.24, 2.45) is 0 Å². The Labute approximate surface area is 120 Å². The van der Waals surface area contributed by atoms with E-state index in [0.717, 1.165) is 6.07 Å². The summed E-state index contributed by atoms with van der Waals surface area (Å²) in [6.45, 7) is 1.73. The zero-order valence-corrected chi connectivity index (χ0v) is 11.3. The molecule has 0 unspecified atom stereocenters. The highest BCUT2D eigenvalue weighted by Gasteiger charge is 2.18. The molecule has 8 nitrogen and oxygen atoms in total. The van der Waals surface area contributed by atoms with Gasteiger partial charge in [-0.1, -0.05) is 0 Å². The molecule has 1 N–H and O–H groups in total. The lowest BCUT2D eigenvalue weighted by Crippen LogP contribution is -2.01. The van der Waals surface area contributed by atoms with Crippen LogP contribution in [-0.4, -0.2) is 21.9 Å². The number of ether oxygens (including phenoxy) is 1. The molecular weight excluding hydrogens is 274 g/mol. The van der Waals surface area contributed by atoms with E-state index in [0.29, 0.717) is 11.4 Å². The van der Waals surface area contributed by atoms with Crippen LogP contribution in [-0.2, 0) is 0 Å². The van der Waals surface area contributed by atoms with Crippen LogP contribution >= 0.6 is 0 Å². The lowest BCUT2D eigenvalue weighted by molar-refractivity contribution is -0.385. The Morgan fingerprint density at radius 2 is 2.19 bits per heavy atom. The third-order valence-corrected chi connectivity index (χ3v) is 2.77. The minimum Gasteiger partial charge on any atom is -0.431 e. The molecule has 0 aliphatic rings. The van der Waals surface area contributed by atoms with Crippen LogP contribution in [0.4, 0.5) is 11.5 Å². The summed E-state index contributed by atoms with van der Waals surface area (Å²) < 4.78 is 5.50. The van der Waals surface area contributed by atoms with E-state index in [-0.39, 0.29) is 22.9 Å². The molecule has 0 saturated heterocycles. The quantitative estimate of drug-likeness (QED) is 0.677. The van der Waals surface area contributed by atoms with Crippen molar-refractivity contribution in [3.8, 4) is 17.7 Å². The maximum Gasteiger partial charge on any atom is 0.312 e. The monoisotopic (exact) mass is 285 g/mol. The van der Waals surface area contributed by atoms with E-state index in [4.69, 9.17) is 10.00 Å². The highest BCUT2D eigenvalue weighted by Crippen LogP contribution is 2.33. The molecular formula is C13H11N5O3. The Hall–Kier alpha value is -3.21. The number of nitrogens with zero attached hydrogens (tertiary/aromatic N) is 4. The van der Waals surface area contributed by atoms with Gasteiger partial charge in [0.1, 0.15) is 12.1 Å². The molecule has 2 aromatic rings. The third-order valence-electron chi connectivity index (χ3n) is 2.77. The van der Waals surface area contributed by atoms with Crippen LogP contribution in [0.25, 0.3) is 0 Å². The van der Waals surface area contributed by atoms with Crippen LogP contribution in [0.2, 0.25) is 0 Å². The van der Waals surface area contributed by atoms with Gasteiger partial charge in [-0.2, -0.15) is 5.26 Å². The number of anilines is 1. The van der Waals surface area contributed by atoms with Crippen LogP contribution in [0.3, 0.4) is 0 Å². The van der Waals surface area contributed by atoms with Crippen molar-refractivity contribution >= 4 is 11.5 Å². The number of aromatic nitrogens is 2. The van der Waals surface area contributed by atoms with Gasteiger partial charge in [-0.25, -0.2) is 9.97 Å². The molecule has 1 aromatic carbocycles. The summed E-state index contributed by atoms with van der Waals surface area (Å²) >= 11 is 0. The van der Waals surface area contributed by atoms with Gasteiger partial charge in [-0.15, -0.1) is 0 Å². The van der Waals surface area contributed by atoms with E-state index in [1.54, 1.807) is 14.0 Å². The van der Waals surface area contributed by atoms with Crippen molar-refractivity contribution in [2.75, 3.05) is 12.4 Å². The van der Waals surface area contributed by atoms with Crippen LogP contribution < -0.4 is 10.1 Å². The smallest absolute Gasteiger partial charge is 0.312 e. The fraction of sp³-hybridized carbons (Fsp3) is 0.154. The molecule has 1 aromatic heterocycles. The summed E-state index contributed by atoms with van der Waals surface area (Å²) in [6, 6.07) is 5.82. The number of nitro benzene ring substituents is 1. The Bertz CT molecular complexity index is 739. The van der Waals surface area contributed by atoms with Crippen molar-refractivity contribution in [1.82, 2.24) is 9.97 Å². The van der Waals surface area contributed by atoms with Crippen molar-refractivity contribution in [3.05, 3.63) is 45.8 Å². The minimum absolute atomic E-state index is 0.0165. The van der Waals surface area contributed by atoms with E-state index in [2.05, 4.69) is 15.3 Å². The summed E-state index contributed by atoms with van der Waals surface area (Å²) in [5, 5.41) is 22.7. The van der Waals surface area contributed by atoms with Gasteiger partial charge in [0.05, 0.1) is 22.1 Å². The van der Waals surface area contributed by atoms with Crippen LogP contribution in [0, 0.1) is 28.4 Å². The van der Waals surface area contributed by atoms with Gasteiger partial charge in [-0.05, 0) is 19.1 Å². The largest absolute Gasteiger partial charge is 0.431 e. The summed E-state index contributed by atoms with van der Waals surface area (Å²) in [5.74, 6) is 0.793. The van der Waals surface area contributed by atoms with Crippen LogP contribution in [0.15, 0.2) is 24.5 Å². The predicted octanol–water partition coefficient (Wildman–Crippen LogP) is 2.40. The average molecular weight is 285 g/mol. The number of hydrogen-bond donors (Lipinski definition) is 1. The standard InChI is InChI=1S/C13H11N5O3/c1-8-12(15-2)16-7-17-13(8)21-11-4-3-9(6-14)5-10(11)18(19)20/h3-5,7H,1-2H3,(H,15,16,17).